The molecule has 0 N–H and O–H groups in total. The van der Waals surface area contributed by atoms with Crippen LogP contribution in [0.3, 0.4) is 0 Å². The van der Waals surface area contributed by atoms with E-state index in [0.717, 1.165) is 18.9 Å². The molecule has 0 radical (unpaired) electrons. The molecule has 1 aliphatic rings. The van der Waals surface area contributed by atoms with Gasteiger partial charge in [0.2, 0.25) is 4.96 Å². The Bertz CT molecular complexity index is 541. The molecule has 1 atom stereocenters. The van der Waals surface area contributed by atoms with Gasteiger partial charge in [0.25, 0.3) is 0 Å². The van der Waals surface area contributed by atoms with Gasteiger partial charge < -0.3 is 4.74 Å². The van der Waals surface area contributed by atoms with Crippen molar-refractivity contribution in [2.45, 2.75) is 19.3 Å². The van der Waals surface area contributed by atoms with E-state index in [1.54, 1.807) is 4.52 Å². The molecule has 1 saturated heterocycles. The number of ketones is 1. The topological polar surface area (TPSA) is 69.4 Å². The van der Waals surface area contributed by atoms with Crippen molar-refractivity contribution in [3.05, 3.63) is 10.8 Å². The highest BCUT2D eigenvalue weighted by Crippen LogP contribution is 2.25. The maximum absolute atomic E-state index is 11.2. The predicted molar refractivity (Wildman–Crippen MR) is 56.8 cm³/mol. The van der Waals surface area contributed by atoms with Crippen LogP contribution in [0.15, 0.2) is 0 Å². The van der Waals surface area contributed by atoms with Gasteiger partial charge in [-0.15, -0.1) is 15.3 Å². The number of fused-ring (bicyclic) bond motifs is 1. The highest BCUT2D eigenvalue weighted by atomic mass is 32.1. The third kappa shape index (κ3) is 1.43. The van der Waals surface area contributed by atoms with E-state index in [1.807, 2.05) is 0 Å². The minimum Gasteiger partial charge on any atom is -0.381 e. The summed E-state index contributed by atoms with van der Waals surface area (Å²) < 4.78 is 6.98. The van der Waals surface area contributed by atoms with Gasteiger partial charge in [0, 0.05) is 19.4 Å². The van der Waals surface area contributed by atoms with Gasteiger partial charge in [-0.05, 0) is 6.42 Å². The Morgan fingerprint density at radius 3 is 3.12 bits per heavy atom. The van der Waals surface area contributed by atoms with E-state index in [9.17, 15) is 4.79 Å². The van der Waals surface area contributed by atoms with E-state index >= 15 is 0 Å². The number of ether oxygens (including phenoxy) is 1. The molecule has 0 spiro atoms. The van der Waals surface area contributed by atoms with E-state index in [2.05, 4.69) is 15.3 Å². The second-order valence-corrected chi connectivity index (χ2v) is 4.73. The SMILES string of the molecule is CC(=O)c1nn2c(C3CCOC3)nnc2s1. The number of carbonyl (C=O) groups is 1. The number of nitrogens with zero attached hydrogens (tertiary/aromatic N) is 4. The van der Waals surface area contributed by atoms with Crippen molar-refractivity contribution in [3.63, 3.8) is 0 Å². The molecule has 2 aromatic heterocycles. The van der Waals surface area contributed by atoms with Crippen LogP contribution >= 0.6 is 11.3 Å². The first-order valence-corrected chi connectivity index (χ1v) is 5.88. The highest BCUT2D eigenvalue weighted by Gasteiger charge is 2.25. The van der Waals surface area contributed by atoms with Crippen molar-refractivity contribution in [1.29, 1.82) is 0 Å². The minimum atomic E-state index is -0.0379. The molecule has 0 aliphatic carbocycles. The van der Waals surface area contributed by atoms with Gasteiger partial charge in [0.05, 0.1) is 6.61 Å². The van der Waals surface area contributed by atoms with Crippen LogP contribution in [0.25, 0.3) is 4.96 Å². The maximum atomic E-state index is 11.2. The lowest BCUT2D eigenvalue weighted by Gasteiger charge is -2.01. The molecule has 0 bridgehead atoms. The lowest BCUT2D eigenvalue weighted by atomic mass is 10.1. The number of Topliss-reactive ketones (excluding diaryl/α,β-unsaturated/α-hetero) is 1. The summed E-state index contributed by atoms with van der Waals surface area (Å²) in [6, 6.07) is 0. The number of hydrogen-bond acceptors (Lipinski definition) is 6. The minimum absolute atomic E-state index is 0.0379. The zero-order valence-corrected chi connectivity index (χ0v) is 9.53. The fourth-order valence-electron chi connectivity index (χ4n) is 1.77. The second-order valence-electron chi connectivity index (χ2n) is 3.78. The van der Waals surface area contributed by atoms with Gasteiger partial charge in [0.1, 0.15) is 0 Å². The summed E-state index contributed by atoms with van der Waals surface area (Å²) in [6.45, 7) is 2.92. The van der Waals surface area contributed by atoms with Crippen LogP contribution in [0.1, 0.15) is 34.9 Å². The van der Waals surface area contributed by atoms with Gasteiger partial charge in [0.15, 0.2) is 16.6 Å². The average Bonchev–Trinajstić information content (AvgIpc) is 2.92. The Labute approximate surface area is 95.2 Å². The Balaban J connectivity index is 2.07. The zero-order valence-electron chi connectivity index (χ0n) is 8.71. The Kier molecular flexibility index (Phi) is 2.22. The molecule has 0 saturated carbocycles. The normalized spacial score (nSPS) is 20.7. The predicted octanol–water partition coefficient (Wildman–Crippen LogP) is 0.892. The lowest BCUT2D eigenvalue weighted by molar-refractivity contribution is 0.101. The molecule has 0 amide bonds. The molecule has 2 aromatic rings. The first-order chi connectivity index (χ1) is 7.75. The fourth-order valence-corrected chi connectivity index (χ4v) is 2.51. The molecule has 0 aromatic carbocycles. The summed E-state index contributed by atoms with van der Waals surface area (Å²) in [6.07, 6.45) is 0.938. The van der Waals surface area contributed by atoms with Crippen molar-refractivity contribution < 1.29 is 9.53 Å². The monoisotopic (exact) mass is 238 g/mol. The summed E-state index contributed by atoms with van der Waals surface area (Å²) >= 11 is 1.27. The zero-order chi connectivity index (χ0) is 11.1. The average molecular weight is 238 g/mol. The second kappa shape index (κ2) is 3.60. The first kappa shape index (κ1) is 9.86. The molecular weight excluding hydrogens is 228 g/mol. The summed E-state index contributed by atoms with van der Waals surface area (Å²) in [5.74, 6) is 1.01. The molecule has 6 nitrogen and oxygen atoms in total. The Hall–Kier alpha value is -1.34. The molecule has 1 aliphatic heterocycles. The number of aromatic nitrogens is 4. The number of hydrogen-bond donors (Lipinski definition) is 0. The summed E-state index contributed by atoms with van der Waals surface area (Å²) in [4.78, 5) is 11.9. The Morgan fingerprint density at radius 1 is 1.56 bits per heavy atom. The van der Waals surface area contributed by atoms with Crippen molar-refractivity contribution >= 4 is 22.1 Å². The quantitative estimate of drug-likeness (QED) is 0.727. The van der Waals surface area contributed by atoms with E-state index in [-0.39, 0.29) is 11.7 Å². The molecule has 84 valence electrons. The molecule has 1 fully saturated rings. The highest BCUT2D eigenvalue weighted by molar-refractivity contribution is 7.18. The largest absolute Gasteiger partial charge is 0.381 e. The fraction of sp³-hybridized carbons (Fsp3) is 0.556. The van der Waals surface area contributed by atoms with Gasteiger partial charge in [-0.3, -0.25) is 4.79 Å². The summed E-state index contributed by atoms with van der Waals surface area (Å²) in [7, 11) is 0. The van der Waals surface area contributed by atoms with Crippen LogP contribution < -0.4 is 0 Å². The van der Waals surface area contributed by atoms with Crippen LogP contribution in [-0.4, -0.2) is 38.8 Å². The molecular formula is C9H10N4O2S. The van der Waals surface area contributed by atoms with Crippen molar-refractivity contribution in [2.75, 3.05) is 13.2 Å². The molecule has 7 heteroatoms. The molecule has 3 heterocycles. The van der Waals surface area contributed by atoms with Crippen LogP contribution in [0.5, 0.6) is 0 Å². The van der Waals surface area contributed by atoms with Crippen LogP contribution in [0.4, 0.5) is 0 Å². The first-order valence-electron chi connectivity index (χ1n) is 5.06. The van der Waals surface area contributed by atoms with Gasteiger partial charge in [-0.2, -0.15) is 4.52 Å². The van der Waals surface area contributed by atoms with Gasteiger partial charge in [-0.25, -0.2) is 0 Å². The number of carbonyl (C=O) groups excluding carboxylic acids is 1. The van der Waals surface area contributed by atoms with E-state index in [0.29, 0.717) is 16.6 Å². The van der Waals surface area contributed by atoms with Crippen LogP contribution in [0.2, 0.25) is 0 Å². The van der Waals surface area contributed by atoms with Crippen LogP contribution in [-0.2, 0) is 4.74 Å². The summed E-state index contributed by atoms with van der Waals surface area (Å²) in [5.41, 5.74) is 0. The van der Waals surface area contributed by atoms with Gasteiger partial charge in [-0.1, -0.05) is 11.3 Å². The van der Waals surface area contributed by atoms with Crippen molar-refractivity contribution in [1.82, 2.24) is 19.8 Å². The molecule has 16 heavy (non-hydrogen) atoms. The van der Waals surface area contributed by atoms with E-state index < -0.39 is 0 Å². The van der Waals surface area contributed by atoms with Crippen LogP contribution in [0, 0.1) is 0 Å². The van der Waals surface area contributed by atoms with Crippen molar-refractivity contribution in [3.8, 4) is 0 Å². The lowest BCUT2D eigenvalue weighted by Crippen LogP contribution is -2.05. The third-order valence-corrected chi connectivity index (χ3v) is 3.61. The molecule has 3 rings (SSSR count). The Morgan fingerprint density at radius 2 is 2.44 bits per heavy atom. The standard InChI is InChI=1S/C9H10N4O2S/c1-5(14)8-12-13-7(6-2-3-15-4-6)10-11-9(13)16-8/h6H,2-4H2,1H3. The van der Waals surface area contributed by atoms with E-state index in [1.165, 1.54) is 18.3 Å². The summed E-state index contributed by atoms with van der Waals surface area (Å²) in [5, 5.41) is 12.8. The smallest absolute Gasteiger partial charge is 0.235 e. The molecule has 1 unspecified atom stereocenters. The van der Waals surface area contributed by atoms with Crippen molar-refractivity contribution in [2.24, 2.45) is 0 Å². The number of rotatable bonds is 2. The van der Waals surface area contributed by atoms with Gasteiger partial charge >= 0.3 is 0 Å². The third-order valence-electron chi connectivity index (χ3n) is 2.61. The maximum Gasteiger partial charge on any atom is 0.235 e. The van der Waals surface area contributed by atoms with E-state index in [4.69, 9.17) is 4.74 Å².